The van der Waals surface area contributed by atoms with Gasteiger partial charge >= 0.3 is 6.05 Å². The molecule has 14 heavy (non-hydrogen) atoms. The Morgan fingerprint density at radius 1 is 1.29 bits per heavy atom. The van der Waals surface area contributed by atoms with E-state index in [1.807, 2.05) is 0 Å². The molecule has 0 aromatic carbocycles. The molecule has 2 nitrogen and oxygen atoms in total. The summed E-state index contributed by atoms with van der Waals surface area (Å²) in [5.41, 5.74) is 0.779. The van der Waals surface area contributed by atoms with Gasteiger partial charge in [0, 0.05) is 13.1 Å². The number of nitrogens with zero attached hydrogens (tertiary/aromatic N) is 2. The van der Waals surface area contributed by atoms with Crippen molar-refractivity contribution in [2.75, 3.05) is 0 Å². The fourth-order valence-corrected chi connectivity index (χ4v) is 1.22. The number of hydrogen-bond donors (Lipinski definition) is 0. The lowest BCUT2D eigenvalue weighted by Gasteiger charge is -2.16. The first-order chi connectivity index (χ1) is 6.18. The highest BCUT2D eigenvalue weighted by atomic mass is 19.3. The average Bonchev–Trinajstić information content (AvgIpc) is 2.29. The molecule has 1 aromatic rings. The van der Waals surface area contributed by atoms with Crippen molar-refractivity contribution >= 4 is 0 Å². The van der Waals surface area contributed by atoms with Crippen molar-refractivity contribution in [3.63, 3.8) is 0 Å². The van der Waals surface area contributed by atoms with E-state index in [4.69, 9.17) is 0 Å². The summed E-state index contributed by atoms with van der Waals surface area (Å²) in [6.07, 6.45) is 2.02. The third-order valence-electron chi connectivity index (χ3n) is 1.76. The standard InChI is InChI=1S/C10H16F2N2/c1-9(2,3)7-8-5-6-14(13-8)10(4,11)12/h5-6H,7H2,1-4H3. The van der Waals surface area contributed by atoms with Crippen molar-refractivity contribution in [2.45, 2.75) is 40.2 Å². The Morgan fingerprint density at radius 3 is 2.21 bits per heavy atom. The van der Waals surface area contributed by atoms with Crippen LogP contribution in [0.5, 0.6) is 0 Å². The molecular weight excluding hydrogens is 186 g/mol. The van der Waals surface area contributed by atoms with E-state index in [2.05, 4.69) is 25.9 Å². The summed E-state index contributed by atoms with van der Waals surface area (Å²) in [6.45, 7) is 6.99. The van der Waals surface area contributed by atoms with Crippen molar-refractivity contribution in [3.8, 4) is 0 Å². The highest BCUT2D eigenvalue weighted by Gasteiger charge is 2.25. The van der Waals surface area contributed by atoms with E-state index in [1.165, 1.54) is 6.20 Å². The zero-order valence-electron chi connectivity index (χ0n) is 9.01. The maximum Gasteiger partial charge on any atom is 0.340 e. The van der Waals surface area contributed by atoms with Crippen molar-refractivity contribution in [1.82, 2.24) is 9.78 Å². The number of alkyl halides is 2. The molecule has 1 heterocycles. The first-order valence-electron chi connectivity index (χ1n) is 4.61. The molecule has 0 unspecified atom stereocenters. The van der Waals surface area contributed by atoms with E-state index in [-0.39, 0.29) is 5.41 Å². The molecule has 0 bridgehead atoms. The van der Waals surface area contributed by atoms with Crippen LogP contribution in [0.15, 0.2) is 12.3 Å². The van der Waals surface area contributed by atoms with Gasteiger partial charge < -0.3 is 0 Å². The van der Waals surface area contributed by atoms with Gasteiger partial charge in [0.05, 0.1) is 5.69 Å². The molecule has 0 spiro atoms. The fraction of sp³-hybridized carbons (Fsp3) is 0.700. The van der Waals surface area contributed by atoms with Crippen LogP contribution in [0, 0.1) is 5.41 Å². The van der Waals surface area contributed by atoms with Crippen LogP contribution in [-0.2, 0) is 12.5 Å². The first kappa shape index (κ1) is 11.1. The third kappa shape index (κ3) is 3.09. The predicted octanol–water partition coefficient (Wildman–Crippen LogP) is 3.04. The Hall–Kier alpha value is -0.930. The van der Waals surface area contributed by atoms with E-state index in [1.54, 1.807) is 6.07 Å². The second-order valence-electron chi connectivity index (χ2n) is 4.83. The van der Waals surface area contributed by atoms with Crippen molar-refractivity contribution < 1.29 is 8.78 Å². The van der Waals surface area contributed by atoms with Gasteiger partial charge in [0.2, 0.25) is 0 Å². The lowest BCUT2D eigenvalue weighted by atomic mass is 9.91. The summed E-state index contributed by atoms with van der Waals surface area (Å²) in [6, 6.07) is -1.27. The van der Waals surface area contributed by atoms with Crippen LogP contribution in [0.1, 0.15) is 33.4 Å². The largest absolute Gasteiger partial charge is 0.340 e. The van der Waals surface area contributed by atoms with Crippen LogP contribution in [0.3, 0.4) is 0 Å². The molecule has 0 saturated carbocycles. The topological polar surface area (TPSA) is 17.8 Å². The Bertz CT molecular complexity index is 305. The molecule has 1 rings (SSSR count). The minimum Gasteiger partial charge on any atom is -0.209 e. The monoisotopic (exact) mass is 202 g/mol. The molecule has 0 amide bonds. The Morgan fingerprint density at radius 2 is 1.86 bits per heavy atom. The number of hydrogen-bond acceptors (Lipinski definition) is 1. The van der Waals surface area contributed by atoms with Gasteiger partial charge in [-0.1, -0.05) is 20.8 Å². The molecule has 0 atom stereocenters. The van der Waals surface area contributed by atoms with Crippen LogP contribution >= 0.6 is 0 Å². The highest BCUT2D eigenvalue weighted by molar-refractivity contribution is 5.02. The second kappa shape index (κ2) is 3.33. The van der Waals surface area contributed by atoms with Crippen molar-refractivity contribution in [1.29, 1.82) is 0 Å². The van der Waals surface area contributed by atoms with Gasteiger partial charge in [0.15, 0.2) is 0 Å². The lowest BCUT2D eigenvalue weighted by molar-refractivity contribution is -0.0726. The summed E-state index contributed by atoms with van der Waals surface area (Å²) in [5.74, 6) is 0. The van der Waals surface area contributed by atoms with Gasteiger partial charge in [0.25, 0.3) is 0 Å². The van der Waals surface area contributed by atoms with Crippen molar-refractivity contribution in [2.24, 2.45) is 5.41 Å². The number of aromatic nitrogens is 2. The summed E-state index contributed by atoms with van der Waals surface area (Å²) in [4.78, 5) is 0. The SMILES string of the molecule is CC(C)(C)Cc1ccn(C(C)(F)F)n1. The Kier molecular flexibility index (Phi) is 2.65. The summed E-state index contributed by atoms with van der Waals surface area (Å²) in [5, 5.41) is 3.83. The minimum atomic E-state index is -2.91. The summed E-state index contributed by atoms with van der Waals surface area (Å²) < 4.78 is 26.3. The third-order valence-corrected chi connectivity index (χ3v) is 1.76. The molecule has 0 fully saturated rings. The van der Waals surface area contributed by atoms with Crippen LogP contribution in [0.25, 0.3) is 0 Å². The molecule has 1 aromatic heterocycles. The molecule has 0 N–H and O–H groups in total. The molecular formula is C10H16F2N2. The van der Waals surface area contributed by atoms with E-state index in [9.17, 15) is 8.78 Å². The molecule has 0 aliphatic carbocycles. The van der Waals surface area contributed by atoms with Crippen LogP contribution in [0.4, 0.5) is 8.78 Å². The molecule has 0 aliphatic heterocycles. The van der Waals surface area contributed by atoms with Gasteiger partial charge in [-0.05, 0) is 17.9 Å². The second-order valence-corrected chi connectivity index (χ2v) is 4.83. The van der Waals surface area contributed by atoms with Gasteiger partial charge in [-0.15, -0.1) is 0 Å². The van der Waals surface area contributed by atoms with E-state index in [0.717, 1.165) is 6.92 Å². The molecule has 0 aliphatic rings. The van der Waals surface area contributed by atoms with Gasteiger partial charge in [-0.25, -0.2) is 4.68 Å². The Labute approximate surface area is 82.9 Å². The van der Waals surface area contributed by atoms with E-state index >= 15 is 0 Å². The van der Waals surface area contributed by atoms with Crippen molar-refractivity contribution in [3.05, 3.63) is 18.0 Å². The van der Waals surface area contributed by atoms with E-state index < -0.39 is 6.05 Å². The maximum atomic E-state index is 12.8. The van der Waals surface area contributed by atoms with Gasteiger partial charge in [-0.3, -0.25) is 0 Å². The van der Waals surface area contributed by atoms with Crippen LogP contribution in [-0.4, -0.2) is 9.78 Å². The lowest BCUT2D eigenvalue weighted by Crippen LogP contribution is -2.19. The molecule has 0 saturated heterocycles. The van der Waals surface area contributed by atoms with E-state index in [0.29, 0.717) is 16.8 Å². The number of halogens is 2. The van der Waals surface area contributed by atoms with Gasteiger partial charge in [-0.2, -0.15) is 13.9 Å². The minimum absolute atomic E-state index is 0.0716. The molecule has 4 heteroatoms. The number of rotatable bonds is 2. The molecule has 0 radical (unpaired) electrons. The summed E-state index contributed by atoms with van der Waals surface area (Å²) in [7, 11) is 0. The maximum absolute atomic E-state index is 12.8. The average molecular weight is 202 g/mol. The molecule has 80 valence electrons. The van der Waals surface area contributed by atoms with Crippen LogP contribution < -0.4 is 0 Å². The quantitative estimate of drug-likeness (QED) is 0.720. The zero-order chi connectivity index (χ0) is 11.0. The summed E-state index contributed by atoms with van der Waals surface area (Å²) >= 11 is 0. The zero-order valence-corrected chi connectivity index (χ0v) is 9.01. The fourth-order valence-electron chi connectivity index (χ4n) is 1.22. The Balaban J connectivity index is 2.79. The predicted molar refractivity (Wildman–Crippen MR) is 51.3 cm³/mol. The smallest absolute Gasteiger partial charge is 0.209 e. The first-order valence-corrected chi connectivity index (χ1v) is 4.61. The normalized spacial score (nSPS) is 13.3. The highest BCUT2D eigenvalue weighted by Crippen LogP contribution is 2.22. The van der Waals surface area contributed by atoms with Crippen LogP contribution in [0.2, 0.25) is 0 Å². The van der Waals surface area contributed by atoms with Gasteiger partial charge in [0.1, 0.15) is 0 Å².